The maximum absolute atomic E-state index is 11.0. The van der Waals surface area contributed by atoms with Gasteiger partial charge in [-0.3, -0.25) is 9.97 Å². The van der Waals surface area contributed by atoms with Crippen molar-refractivity contribution in [2.24, 2.45) is 5.18 Å². The number of H-pyrrole nitrogens is 1. The maximum Gasteiger partial charge on any atom is 0.140 e. The lowest BCUT2D eigenvalue weighted by atomic mass is 10.0. The van der Waals surface area contributed by atoms with Crippen molar-refractivity contribution in [3.8, 4) is 33.9 Å². The topological polar surface area (TPSA) is 83.9 Å². The number of imidazole rings is 1. The van der Waals surface area contributed by atoms with E-state index in [9.17, 15) is 4.91 Å². The van der Waals surface area contributed by atoms with Crippen molar-refractivity contribution in [3.05, 3.63) is 83.3 Å². The minimum absolute atomic E-state index is 0.228. The second-order valence-corrected chi connectivity index (χ2v) is 6.86. The number of benzene rings is 1. The number of hydrogen-bond acceptors (Lipinski definition) is 5. The molecule has 136 valence electrons. The highest BCUT2D eigenvalue weighted by atomic mass is 16.3. The van der Waals surface area contributed by atoms with Gasteiger partial charge in [-0.15, -0.1) is 0 Å². The van der Waals surface area contributed by atoms with Gasteiger partial charge >= 0.3 is 0 Å². The van der Waals surface area contributed by atoms with Gasteiger partial charge in [0.05, 0.1) is 11.4 Å². The summed E-state index contributed by atoms with van der Waals surface area (Å²) in [5.74, 6) is 0.767. The molecule has 0 spiro atoms. The summed E-state index contributed by atoms with van der Waals surface area (Å²) in [4.78, 5) is 27.7. The molecule has 0 saturated heterocycles. The van der Waals surface area contributed by atoms with Crippen LogP contribution in [0.5, 0.6) is 0 Å². The Balaban J connectivity index is 1.66. The standard InChI is InChI=1S/C22H17N5O/c28-27-19-6-4-15-12-16(3-5-18(15)19)21-20(14-7-10-23-11-8-14)25-22(26-21)17-2-1-9-24-13-17/h1-3,5,7-13,19H,4,6H2,(H,25,26). The van der Waals surface area contributed by atoms with Crippen molar-refractivity contribution in [3.63, 3.8) is 0 Å². The van der Waals surface area contributed by atoms with Gasteiger partial charge in [0, 0.05) is 41.5 Å². The van der Waals surface area contributed by atoms with Crippen LogP contribution in [0.25, 0.3) is 33.9 Å². The number of nitroso groups, excluding NO2 is 1. The number of nitrogens with zero attached hydrogens (tertiary/aromatic N) is 4. The zero-order valence-corrected chi connectivity index (χ0v) is 15.0. The molecule has 5 rings (SSSR count). The monoisotopic (exact) mass is 367 g/mol. The Labute approximate surface area is 161 Å². The quantitative estimate of drug-likeness (QED) is 0.517. The van der Waals surface area contributed by atoms with Gasteiger partial charge in [-0.25, -0.2) is 4.98 Å². The number of pyridine rings is 2. The Morgan fingerprint density at radius 1 is 0.964 bits per heavy atom. The minimum Gasteiger partial charge on any atom is -0.337 e. The molecule has 1 aromatic carbocycles. The van der Waals surface area contributed by atoms with Crippen LogP contribution in [0.2, 0.25) is 0 Å². The Morgan fingerprint density at radius 2 is 1.86 bits per heavy atom. The van der Waals surface area contributed by atoms with Gasteiger partial charge in [-0.05, 0) is 54.3 Å². The Bertz CT molecular complexity index is 1140. The zero-order chi connectivity index (χ0) is 18.9. The van der Waals surface area contributed by atoms with Crippen molar-refractivity contribution in [2.75, 3.05) is 0 Å². The van der Waals surface area contributed by atoms with Crippen LogP contribution >= 0.6 is 0 Å². The van der Waals surface area contributed by atoms with Gasteiger partial charge in [0.2, 0.25) is 0 Å². The molecule has 0 fully saturated rings. The number of fused-ring (bicyclic) bond motifs is 1. The van der Waals surface area contributed by atoms with E-state index in [0.29, 0.717) is 0 Å². The summed E-state index contributed by atoms with van der Waals surface area (Å²) < 4.78 is 0. The van der Waals surface area contributed by atoms with E-state index in [4.69, 9.17) is 4.98 Å². The number of aromatic nitrogens is 4. The van der Waals surface area contributed by atoms with E-state index in [1.165, 1.54) is 5.56 Å². The molecule has 1 N–H and O–H groups in total. The first-order valence-electron chi connectivity index (χ1n) is 9.20. The molecule has 0 amide bonds. The molecule has 6 heteroatoms. The van der Waals surface area contributed by atoms with E-state index < -0.39 is 0 Å². The summed E-state index contributed by atoms with van der Waals surface area (Å²) in [7, 11) is 0. The molecule has 0 radical (unpaired) electrons. The lowest BCUT2D eigenvalue weighted by Gasteiger charge is -2.07. The fourth-order valence-corrected chi connectivity index (χ4v) is 3.80. The highest BCUT2D eigenvalue weighted by Crippen LogP contribution is 2.38. The van der Waals surface area contributed by atoms with Crippen LogP contribution in [0.4, 0.5) is 0 Å². The molecule has 6 nitrogen and oxygen atoms in total. The third kappa shape index (κ3) is 2.79. The van der Waals surface area contributed by atoms with Gasteiger partial charge in [-0.2, -0.15) is 4.91 Å². The largest absolute Gasteiger partial charge is 0.337 e. The molecule has 3 aromatic heterocycles. The summed E-state index contributed by atoms with van der Waals surface area (Å²) in [5.41, 5.74) is 6.97. The highest BCUT2D eigenvalue weighted by Gasteiger charge is 2.24. The van der Waals surface area contributed by atoms with Crippen molar-refractivity contribution in [1.82, 2.24) is 19.9 Å². The van der Waals surface area contributed by atoms with E-state index >= 15 is 0 Å². The second kappa shape index (κ2) is 6.81. The molecular formula is C22H17N5O. The fraction of sp³-hybridized carbons (Fsp3) is 0.136. The van der Waals surface area contributed by atoms with E-state index in [1.807, 2.05) is 36.4 Å². The Kier molecular flexibility index (Phi) is 4.01. The molecule has 0 bridgehead atoms. The minimum atomic E-state index is -0.228. The van der Waals surface area contributed by atoms with E-state index in [0.717, 1.165) is 52.3 Å². The number of hydrogen-bond donors (Lipinski definition) is 1. The van der Waals surface area contributed by atoms with Crippen molar-refractivity contribution >= 4 is 0 Å². The number of aryl methyl sites for hydroxylation is 1. The SMILES string of the molecule is O=NC1CCc2cc(-c3nc(-c4cccnc4)[nH]c3-c3ccncc3)ccc21. The fourth-order valence-electron chi connectivity index (χ4n) is 3.80. The normalized spacial score (nSPS) is 15.4. The third-order valence-electron chi connectivity index (χ3n) is 5.20. The first kappa shape index (κ1) is 16.5. The van der Waals surface area contributed by atoms with Crippen LogP contribution in [-0.2, 0) is 6.42 Å². The van der Waals surface area contributed by atoms with Gasteiger partial charge in [0.1, 0.15) is 11.9 Å². The summed E-state index contributed by atoms with van der Waals surface area (Å²) in [6, 6.07) is 13.7. The van der Waals surface area contributed by atoms with Crippen molar-refractivity contribution in [2.45, 2.75) is 18.9 Å². The van der Waals surface area contributed by atoms with E-state index in [1.54, 1.807) is 24.8 Å². The average molecular weight is 367 g/mol. The Morgan fingerprint density at radius 3 is 2.64 bits per heavy atom. The predicted molar refractivity (Wildman–Crippen MR) is 107 cm³/mol. The summed E-state index contributed by atoms with van der Waals surface area (Å²) in [5, 5.41) is 3.25. The summed E-state index contributed by atoms with van der Waals surface area (Å²) in [6.07, 6.45) is 8.72. The maximum atomic E-state index is 11.0. The predicted octanol–water partition coefficient (Wildman–Crippen LogP) is 4.95. The molecule has 1 unspecified atom stereocenters. The highest BCUT2D eigenvalue weighted by molar-refractivity contribution is 5.81. The van der Waals surface area contributed by atoms with Crippen LogP contribution in [0.1, 0.15) is 23.6 Å². The molecule has 0 aliphatic heterocycles. The number of aromatic amines is 1. The van der Waals surface area contributed by atoms with Crippen LogP contribution in [0.3, 0.4) is 0 Å². The molecule has 3 heterocycles. The van der Waals surface area contributed by atoms with Gasteiger partial charge < -0.3 is 4.98 Å². The van der Waals surface area contributed by atoms with Gasteiger partial charge in [0.15, 0.2) is 0 Å². The van der Waals surface area contributed by atoms with E-state index in [2.05, 4.69) is 26.2 Å². The molecular weight excluding hydrogens is 350 g/mol. The van der Waals surface area contributed by atoms with Gasteiger partial charge in [0.25, 0.3) is 0 Å². The molecule has 0 saturated carbocycles. The van der Waals surface area contributed by atoms with Crippen LogP contribution < -0.4 is 0 Å². The van der Waals surface area contributed by atoms with Gasteiger partial charge in [-0.1, -0.05) is 17.3 Å². The third-order valence-corrected chi connectivity index (χ3v) is 5.20. The van der Waals surface area contributed by atoms with E-state index in [-0.39, 0.29) is 6.04 Å². The first-order valence-corrected chi connectivity index (χ1v) is 9.20. The zero-order valence-electron chi connectivity index (χ0n) is 15.0. The molecule has 1 aliphatic rings. The number of rotatable bonds is 4. The van der Waals surface area contributed by atoms with Crippen molar-refractivity contribution in [1.29, 1.82) is 0 Å². The lowest BCUT2D eigenvalue weighted by Crippen LogP contribution is -1.90. The molecule has 4 aromatic rings. The van der Waals surface area contributed by atoms with Crippen LogP contribution in [0.15, 0.2) is 72.4 Å². The smallest absolute Gasteiger partial charge is 0.140 e. The lowest BCUT2D eigenvalue weighted by molar-refractivity contribution is 0.710. The summed E-state index contributed by atoms with van der Waals surface area (Å²) >= 11 is 0. The Hall–Kier alpha value is -3.67. The molecule has 1 aliphatic carbocycles. The average Bonchev–Trinajstić information content (AvgIpc) is 3.39. The molecule has 28 heavy (non-hydrogen) atoms. The molecule has 1 atom stereocenters. The first-order chi connectivity index (χ1) is 13.8. The number of nitrogens with one attached hydrogen (secondary N) is 1. The summed E-state index contributed by atoms with van der Waals surface area (Å²) in [6.45, 7) is 0. The van der Waals surface area contributed by atoms with Crippen LogP contribution in [0, 0.1) is 4.91 Å². The second-order valence-electron chi connectivity index (χ2n) is 6.86. The van der Waals surface area contributed by atoms with Crippen LogP contribution in [-0.4, -0.2) is 19.9 Å². The van der Waals surface area contributed by atoms with Crippen molar-refractivity contribution < 1.29 is 0 Å².